The lowest BCUT2D eigenvalue weighted by Gasteiger charge is -2.21. The second kappa shape index (κ2) is 14.4. The number of rotatable bonds is 10. The minimum Gasteiger partial charge on any atom is -0.469 e. The Morgan fingerprint density at radius 2 is 2.16 bits per heavy atom. The van der Waals surface area contributed by atoms with Gasteiger partial charge in [-0.2, -0.15) is 0 Å². The third-order valence-electron chi connectivity index (χ3n) is 4.00. The van der Waals surface area contributed by atoms with Gasteiger partial charge in [-0.3, -0.25) is 4.99 Å². The van der Waals surface area contributed by atoms with E-state index in [2.05, 4.69) is 22.5 Å². The predicted molar refractivity (Wildman–Crippen MR) is 111 cm³/mol. The highest BCUT2D eigenvalue weighted by Gasteiger charge is 2.13. The van der Waals surface area contributed by atoms with Crippen molar-refractivity contribution < 1.29 is 13.9 Å². The predicted octanol–water partition coefficient (Wildman–Crippen LogP) is 2.83. The van der Waals surface area contributed by atoms with Crippen LogP contribution in [0.3, 0.4) is 0 Å². The Balaban J connectivity index is 0.00000312. The van der Waals surface area contributed by atoms with Crippen LogP contribution in [0, 0.1) is 5.92 Å². The molecule has 1 aliphatic rings. The van der Waals surface area contributed by atoms with Crippen molar-refractivity contribution in [3.63, 3.8) is 0 Å². The molecule has 1 saturated heterocycles. The normalized spacial score (nSPS) is 15.6. The van der Waals surface area contributed by atoms with Gasteiger partial charge in [0.2, 0.25) is 0 Å². The summed E-state index contributed by atoms with van der Waals surface area (Å²) in [6.07, 6.45) is 5.75. The van der Waals surface area contributed by atoms with Gasteiger partial charge in [0, 0.05) is 52.5 Å². The van der Waals surface area contributed by atoms with Crippen LogP contribution in [0.1, 0.15) is 31.9 Å². The molecule has 6 nitrogen and oxygen atoms in total. The molecule has 2 N–H and O–H groups in total. The standard InChI is InChI=1S/C18H31N3O3.HI/c1-2-19-18(21-10-6-17-5-3-12-24-17)20-9-4-11-23-15-16-7-13-22-14-8-16;/h3,5,12,16H,2,4,6-11,13-15H2,1H3,(H2,19,20,21);1H. The number of aliphatic imine (C=N–C) groups is 1. The second-order valence-electron chi connectivity index (χ2n) is 6.00. The zero-order valence-corrected chi connectivity index (χ0v) is 17.5. The molecule has 144 valence electrons. The Hall–Kier alpha value is -0.800. The summed E-state index contributed by atoms with van der Waals surface area (Å²) in [5.41, 5.74) is 0. The zero-order valence-electron chi connectivity index (χ0n) is 15.2. The molecule has 1 aromatic heterocycles. The van der Waals surface area contributed by atoms with E-state index < -0.39 is 0 Å². The highest BCUT2D eigenvalue weighted by atomic mass is 127. The van der Waals surface area contributed by atoms with Crippen LogP contribution < -0.4 is 10.6 Å². The Kier molecular flexibility index (Phi) is 12.8. The van der Waals surface area contributed by atoms with Crippen molar-refractivity contribution in [2.24, 2.45) is 10.9 Å². The van der Waals surface area contributed by atoms with E-state index in [0.29, 0.717) is 5.92 Å². The molecule has 0 aromatic carbocycles. The average Bonchev–Trinajstić information content (AvgIpc) is 3.12. The lowest BCUT2D eigenvalue weighted by atomic mass is 10.0. The summed E-state index contributed by atoms with van der Waals surface area (Å²) >= 11 is 0. The third kappa shape index (κ3) is 10.1. The molecule has 25 heavy (non-hydrogen) atoms. The van der Waals surface area contributed by atoms with E-state index in [0.717, 1.165) is 83.5 Å². The number of ether oxygens (including phenoxy) is 2. The van der Waals surface area contributed by atoms with Gasteiger partial charge in [-0.25, -0.2) is 0 Å². The molecule has 1 fully saturated rings. The fourth-order valence-corrected chi connectivity index (χ4v) is 2.62. The molecule has 2 rings (SSSR count). The lowest BCUT2D eigenvalue weighted by molar-refractivity contribution is 0.0205. The second-order valence-corrected chi connectivity index (χ2v) is 6.00. The highest BCUT2D eigenvalue weighted by molar-refractivity contribution is 14.0. The van der Waals surface area contributed by atoms with Gasteiger partial charge in [0.25, 0.3) is 0 Å². The summed E-state index contributed by atoms with van der Waals surface area (Å²) in [7, 11) is 0. The van der Waals surface area contributed by atoms with Gasteiger partial charge < -0.3 is 24.5 Å². The van der Waals surface area contributed by atoms with E-state index >= 15 is 0 Å². The summed E-state index contributed by atoms with van der Waals surface area (Å²) in [4.78, 5) is 4.58. The highest BCUT2D eigenvalue weighted by Crippen LogP contribution is 2.14. The quantitative estimate of drug-likeness (QED) is 0.241. The van der Waals surface area contributed by atoms with Crippen molar-refractivity contribution in [3.05, 3.63) is 24.2 Å². The third-order valence-corrected chi connectivity index (χ3v) is 4.00. The average molecular weight is 465 g/mol. The fraction of sp³-hybridized carbons (Fsp3) is 0.722. The van der Waals surface area contributed by atoms with Crippen molar-refractivity contribution in [2.75, 3.05) is 46.1 Å². The largest absolute Gasteiger partial charge is 0.469 e. The first kappa shape index (κ1) is 22.2. The van der Waals surface area contributed by atoms with Crippen LogP contribution in [0.4, 0.5) is 0 Å². The molecule has 0 aliphatic carbocycles. The van der Waals surface area contributed by atoms with Crippen LogP contribution in [-0.2, 0) is 15.9 Å². The van der Waals surface area contributed by atoms with Crippen LogP contribution in [0.15, 0.2) is 27.8 Å². The van der Waals surface area contributed by atoms with Crippen molar-refractivity contribution in [3.8, 4) is 0 Å². The summed E-state index contributed by atoms with van der Waals surface area (Å²) < 4.78 is 16.4. The van der Waals surface area contributed by atoms with Crippen molar-refractivity contribution in [2.45, 2.75) is 32.6 Å². The Morgan fingerprint density at radius 3 is 2.88 bits per heavy atom. The van der Waals surface area contributed by atoms with E-state index in [1.54, 1.807) is 6.26 Å². The van der Waals surface area contributed by atoms with Crippen molar-refractivity contribution in [1.29, 1.82) is 0 Å². The van der Waals surface area contributed by atoms with E-state index in [1.165, 1.54) is 0 Å². The van der Waals surface area contributed by atoms with Crippen LogP contribution in [0.25, 0.3) is 0 Å². The molecule has 0 radical (unpaired) electrons. The maximum Gasteiger partial charge on any atom is 0.191 e. The van der Waals surface area contributed by atoms with E-state index in [9.17, 15) is 0 Å². The van der Waals surface area contributed by atoms with Crippen molar-refractivity contribution in [1.82, 2.24) is 10.6 Å². The lowest BCUT2D eigenvalue weighted by Crippen LogP contribution is -2.38. The Bertz CT molecular complexity index is 448. The molecule has 1 aromatic rings. The number of nitrogens with zero attached hydrogens (tertiary/aromatic N) is 1. The number of furan rings is 1. The summed E-state index contributed by atoms with van der Waals surface area (Å²) in [6, 6.07) is 3.90. The maximum absolute atomic E-state index is 5.77. The zero-order chi connectivity index (χ0) is 16.9. The Labute approximate surface area is 168 Å². The smallest absolute Gasteiger partial charge is 0.191 e. The van der Waals surface area contributed by atoms with E-state index in [1.807, 2.05) is 12.1 Å². The van der Waals surface area contributed by atoms with Gasteiger partial charge in [0.1, 0.15) is 5.76 Å². The van der Waals surface area contributed by atoms with E-state index in [-0.39, 0.29) is 24.0 Å². The van der Waals surface area contributed by atoms with Gasteiger partial charge in [-0.05, 0) is 44.2 Å². The van der Waals surface area contributed by atoms with Crippen LogP contribution in [-0.4, -0.2) is 52.0 Å². The molecule has 0 atom stereocenters. The number of halogens is 1. The number of hydrogen-bond donors (Lipinski definition) is 2. The van der Waals surface area contributed by atoms with Crippen LogP contribution in [0.2, 0.25) is 0 Å². The number of nitrogens with one attached hydrogen (secondary N) is 2. The Morgan fingerprint density at radius 1 is 1.32 bits per heavy atom. The molecule has 0 bridgehead atoms. The first-order chi connectivity index (χ1) is 11.9. The van der Waals surface area contributed by atoms with Crippen molar-refractivity contribution >= 4 is 29.9 Å². The number of guanidine groups is 1. The summed E-state index contributed by atoms with van der Waals surface area (Å²) in [6.45, 7) is 7.89. The van der Waals surface area contributed by atoms with Gasteiger partial charge in [0.05, 0.1) is 6.26 Å². The molecule has 0 amide bonds. The molecule has 0 saturated carbocycles. The maximum atomic E-state index is 5.77. The summed E-state index contributed by atoms with van der Waals surface area (Å²) in [5.74, 6) is 2.51. The van der Waals surface area contributed by atoms with Gasteiger partial charge in [0.15, 0.2) is 5.96 Å². The van der Waals surface area contributed by atoms with E-state index in [4.69, 9.17) is 13.9 Å². The monoisotopic (exact) mass is 465 g/mol. The molecule has 0 unspecified atom stereocenters. The van der Waals surface area contributed by atoms with Crippen LogP contribution >= 0.6 is 24.0 Å². The molecular formula is C18H32IN3O3. The molecule has 7 heteroatoms. The minimum atomic E-state index is 0. The SMILES string of the molecule is CCNC(=NCCCOCC1CCOCC1)NCCc1ccco1.I. The molecular weight excluding hydrogens is 433 g/mol. The first-order valence-corrected chi connectivity index (χ1v) is 9.08. The molecule has 2 heterocycles. The van der Waals surface area contributed by atoms with Gasteiger partial charge >= 0.3 is 0 Å². The van der Waals surface area contributed by atoms with Crippen LogP contribution in [0.5, 0.6) is 0 Å². The number of hydrogen-bond acceptors (Lipinski definition) is 4. The molecule has 0 spiro atoms. The fourth-order valence-electron chi connectivity index (χ4n) is 2.62. The van der Waals surface area contributed by atoms with Gasteiger partial charge in [-0.15, -0.1) is 24.0 Å². The first-order valence-electron chi connectivity index (χ1n) is 9.08. The minimum absolute atomic E-state index is 0. The molecule has 1 aliphatic heterocycles. The van der Waals surface area contributed by atoms with Gasteiger partial charge in [-0.1, -0.05) is 0 Å². The summed E-state index contributed by atoms with van der Waals surface area (Å²) in [5, 5.41) is 6.58. The topological polar surface area (TPSA) is 68.0 Å².